The molecule has 1 unspecified atom stereocenters. The van der Waals surface area contributed by atoms with Crippen LogP contribution in [0.2, 0.25) is 0 Å². The molecule has 0 amide bonds. The lowest BCUT2D eigenvalue weighted by Crippen LogP contribution is -2.46. The normalized spacial score (nSPS) is 19.3. The molecular formula is C25H34N2O5S. The zero-order chi connectivity index (χ0) is 24.1. The molecule has 0 saturated heterocycles. The average molecular weight is 475 g/mol. The van der Waals surface area contributed by atoms with Crippen LogP contribution in [0.5, 0.6) is 5.75 Å². The maximum absolute atomic E-state index is 13.8. The Bertz CT molecular complexity index is 1020. The van der Waals surface area contributed by atoms with Crippen LogP contribution < -0.4 is 4.74 Å². The number of aromatic nitrogens is 1. The molecule has 1 heterocycles. The maximum atomic E-state index is 13.8. The summed E-state index contributed by atoms with van der Waals surface area (Å²) in [5, 5.41) is 0. The summed E-state index contributed by atoms with van der Waals surface area (Å²) in [6, 6.07) is 9.78. The quantitative estimate of drug-likeness (QED) is 0.521. The van der Waals surface area contributed by atoms with E-state index in [1.54, 1.807) is 48.1 Å². The highest BCUT2D eigenvalue weighted by molar-refractivity contribution is 7.89. The molecule has 2 aromatic rings. The van der Waals surface area contributed by atoms with Crippen LogP contribution in [0.3, 0.4) is 0 Å². The first-order chi connectivity index (χ1) is 15.6. The second-order valence-electron chi connectivity index (χ2n) is 9.48. The van der Waals surface area contributed by atoms with E-state index in [1.807, 2.05) is 32.9 Å². The topological polar surface area (TPSA) is 85.8 Å². The first-order valence-electron chi connectivity index (χ1n) is 11.4. The molecule has 1 saturated carbocycles. The highest BCUT2D eigenvalue weighted by atomic mass is 32.2. The number of rotatable bonds is 8. The number of benzene rings is 1. The van der Waals surface area contributed by atoms with Gasteiger partial charge >= 0.3 is 5.97 Å². The Kier molecular flexibility index (Phi) is 8.13. The number of ether oxygens (including phenoxy) is 2. The first kappa shape index (κ1) is 25.2. The number of carbonyl (C=O) groups is 1. The molecule has 1 fully saturated rings. The van der Waals surface area contributed by atoms with Gasteiger partial charge in [0.05, 0.1) is 12.0 Å². The van der Waals surface area contributed by atoms with Crippen LogP contribution in [0.4, 0.5) is 0 Å². The third kappa shape index (κ3) is 6.77. The fraction of sp³-hybridized carbons (Fsp3) is 0.520. The molecule has 1 aromatic heterocycles. The Labute approximate surface area is 197 Å². The minimum Gasteiger partial charge on any atom is -0.497 e. The van der Waals surface area contributed by atoms with Crippen molar-refractivity contribution in [2.24, 2.45) is 5.92 Å². The van der Waals surface area contributed by atoms with Gasteiger partial charge in [0.15, 0.2) is 0 Å². The molecule has 33 heavy (non-hydrogen) atoms. The number of nitrogens with zero attached hydrogens (tertiary/aromatic N) is 2. The summed E-state index contributed by atoms with van der Waals surface area (Å²) < 4.78 is 40.0. The molecule has 0 bridgehead atoms. The van der Waals surface area contributed by atoms with E-state index in [9.17, 15) is 13.2 Å². The zero-order valence-corrected chi connectivity index (χ0v) is 20.7. The van der Waals surface area contributed by atoms with Crippen LogP contribution in [-0.2, 0) is 26.1 Å². The molecule has 0 N–H and O–H groups in total. The van der Waals surface area contributed by atoms with Crippen molar-refractivity contribution in [3.8, 4) is 5.75 Å². The smallest absolute Gasteiger partial charge is 0.306 e. The number of esters is 1. The minimum atomic E-state index is -3.82. The van der Waals surface area contributed by atoms with Crippen LogP contribution in [0.25, 0.3) is 0 Å². The Morgan fingerprint density at radius 2 is 1.70 bits per heavy atom. The molecule has 2 atom stereocenters. The van der Waals surface area contributed by atoms with Gasteiger partial charge in [-0.1, -0.05) is 12.8 Å². The van der Waals surface area contributed by atoms with E-state index in [-0.39, 0.29) is 35.8 Å². The molecule has 180 valence electrons. The number of hydrogen-bond donors (Lipinski definition) is 0. The Morgan fingerprint density at radius 1 is 1.06 bits per heavy atom. The third-order valence-corrected chi connectivity index (χ3v) is 7.73. The van der Waals surface area contributed by atoms with Crippen LogP contribution in [-0.4, -0.2) is 42.4 Å². The van der Waals surface area contributed by atoms with Crippen LogP contribution in [0.15, 0.2) is 53.7 Å². The summed E-state index contributed by atoms with van der Waals surface area (Å²) in [5.41, 5.74) is 0.274. The van der Waals surface area contributed by atoms with E-state index in [4.69, 9.17) is 9.47 Å². The molecule has 3 rings (SSSR count). The van der Waals surface area contributed by atoms with Crippen LogP contribution in [0, 0.1) is 5.92 Å². The van der Waals surface area contributed by atoms with Gasteiger partial charge in [-0.25, -0.2) is 8.42 Å². The monoisotopic (exact) mass is 474 g/mol. The highest BCUT2D eigenvalue weighted by Gasteiger charge is 2.39. The molecule has 0 aliphatic heterocycles. The predicted octanol–water partition coefficient (Wildman–Crippen LogP) is 4.57. The van der Waals surface area contributed by atoms with Gasteiger partial charge < -0.3 is 9.47 Å². The highest BCUT2D eigenvalue weighted by Crippen LogP contribution is 2.36. The third-order valence-electron chi connectivity index (χ3n) is 5.84. The van der Waals surface area contributed by atoms with Crippen molar-refractivity contribution in [3.05, 3.63) is 54.4 Å². The van der Waals surface area contributed by atoms with E-state index >= 15 is 0 Å². The minimum absolute atomic E-state index is 0.108. The summed E-state index contributed by atoms with van der Waals surface area (Å²) >= 11 is 0. The summed E-state index contributed by atoms with van der Waals surface area (Å²) in [7, 11) is -2.28. The predicted molar refractivity (Wildman–Crippen MR) is 126 cm³/mol. The largest absolute Gasteiger partial charge is 0.497 e. The summed E-state index contributed by atoms with van der Waals surface area (Å²) in [6.07, 6.45) is 6.89. The Hall–Kier alpha value is -2.45. The van der Waals surface area contributed by atoms with Gasteiger partial charge in [-0.2, -0.15) is 4.31 Å². The summed E-state index contributed by atoms with van der Waals surface area (Å²) in [4.78, 5) is 16.9. The van der Waals surface area contributed by atoms with Crippen molar-refractivity contribution in [2.45, 2.75) is 76.0 Å². The molecule has 8 heteroatoms. The van der Waals surface area contributed by atoms with Crippen LogP contribution in [0.1, 0.15) is 58.4 Å². The van der Waals surface area contributed by atoms with Crippen molar-refractivity contribution in [1.29, 1.82) is 0 Å². The van der Waals surface area contributed by atoms with Gasteiger partial charge in [0.25, 0.3) is 0 Å². The van der Waals surface area contributed by atoms with Crippen molar-refractivity contribution in [1.82, 2.24) is 9.29 Å². The van der Waals surface area contributed by atoms with Gasteiger partial charge in [-0.3, -0.25) is 9.78 Å². The van der Waals surface area contributed by atoms with E-state index in [2.05, 4.69) is 4.98 Å². The van der Waals surface area contributed by atoms with Gasteiger partial charge in [-0.15, -0.1) is 0 Å². The SMILES string of the molecule is COc1ccc(S(=O)(=O)N(Cc2ccncc2)[C@@H]2CCCCC2CC(=O)OC(C)(C)C)cc1. The average Bonchev–Trinajstić information content (AvgIpc) is 2.77. The van der Waals surface area contributed by atoms with E-state index < -0.39 is 15.6 Å². The fourth-order valence-electron chi connectivity index (χ4n) is 4.33. The lowest BCUT2D eigenvalue weighted by Gasteiger charge is -2.39. The Morgan fingerprint density at radius 3 is 2.30 bits per heavy atom. The molecule has 1 aliphatic rings. The van der Waals surface area contributed by atoms with E-state index in [0.717, 1.165) is 24.8 Å². The summed E-state index contributed by atoms with van der Waals surface area (Å²) in [6.45, 7) is 5.74. The van der Waals surface area contributed by atoms with Crippen molar-refractivity contribution in [2.75, 3.05) is 7.11 Å². The second kappa shape index (κ2) is 10.7. The lowest BCUT2D eigenvalue weighted by molar-refractivity contribution is -0.156. The standard InChI is InChI=1S/C25H34N2O5S/c1-25(2,3)32-24(28)17-20-7-5-6-8-23(20)27(18-19-13-15-26-16-14-19)33(29,30)22-11-9-21(31-4)10-12-22/h9-16,20,23H,5-8,17-18H2,1-4H3/t20?,23-/m1/s1. The van der Waals surface area contributed by atoms with Gasteiger partial charge in [0, 0.05) is 31.4 Å². The number of sulfonamides is 1. The number of methoxy groups -OCH3 is 1. The first-order valence-corrected chi connectivity index (χ1v) is 12.8. The molecular weight excluding hydrogens is 440 g/mol. The van der Waals surface area contributed by atoms with Gasteiger partial charge in [0.1, 0.15) is 11.4 Å². The number of carbonyl (C=O) groups excluding carboxylic acids is 1. The molecule has 0 spiro atoms. The van der Waals surface area contributed by atoms with Gasteiger partial charge in [0.2, 0.25) is 10.0 Å². The maximum Gasteiger partial charge on any atom is 0.306 e. The molecule has 1 aromatic carbocycles. The van der Waals surface area contributed by atoms with Crippen molar-refractivity contribution in [3.63, 3.8) is 0 Å². The second-order valence-corrected chi connectivity index (χ2v) is 11.4. The molecule has 0 radical (unpaired) electrons. The van der Waals surface area contributed by atoms with E-state index in [0.29, 0.717) is 12.2 Å². The fourth-order valence-corrected chi connectivity index (χ4v) is 6.04. The lowest BCUT2D eigenvalue weighted by atomic mass is 9.82. The van der Waals surface area contributed by atoms with Crippen LogP contribution >= 0.6 is 0 Å². The van der Waals surface area contributed by atoms with Crippen molar-refractivity contribution < 1.29 is 22.7 Å². The summed E-state index contributed by atoms with van der Waals surface area (Å²) in [5.74, 6) is 0.198. The number of hydrogen-bond acceptors (Lipinski definition) is 6. The van der Waals surface area contributed by atoms with Crippen molar-refractivity contribution >= 4 is 16.0 Å². The molecule has 7 nitrogen and oxygen atoms in total. The van der Waals surface area contributed by atoms with E-state index in [1.165, 1.54) is 0 Å². The molecule has 1 aliphatic carbocycles. The zero-order valence-electron chi connectivity index (χ0n) is 19.9. The number of pyridine rings is 1. The van der Waals surface area contributed by atoms with Gasteiger partial charge in [-0.05, 0) is 81.5 Å². The Balaban J connectivity index is 1.95.